The van der Waals surface area contributed by atoms with E-state index in [0.29, 0.717) is 5.82 Å². The third-order valence-electron chi connectivity index (χ3n) is 13.0. The molecule has 0 fully saturated rings. The summed E-state index contributed by atoms with van der Waals surface area (Å²) in [6.07, 6.45) is 0. The summed E-state index contributed by atoms with van der Waals surface area (Å²) in [6.45, 7) is 0. The molecule has 0 amide bonds. The minimum atomic E-state index is 0.711. The van der Waals surface area contributed by atoms with Crippen LogP contribution in [0.2, 0.25) is 0 Å². The molecule has 0 atom stereocenters. The minimum Gasteiger partial charge on any atom is -0.231 e. The molecular formula is C61H38N4. The Bertz CT molecular complexity index is 3930. The van der Waals surface area contributed by atoms with Gasteiger partial charge in [0, 0.05) is 44.2 Å². The van der Waals surface area contributed by atoms with Gasteiger partial charge in [-0.15, -0.1) is 0 Å². The standard InChI is InChI=1S/C61H38N4/c1-4-18-39(19-5-1)56-58(44-36-37-49-47-26-11-10-24-45(47)46-25-12-13-27-48(46)53(49)38-44)64-65-59(42-20-6-2-7-21-42)55(50-28-14-15-29-51(50)60(56)65)40-32-34-41(35-33-40)57-52-30-16-17-31-54(52)62-61(63-57)43-22-8-3-9-23-43/h1-38H. The minimum absolute atomic E-state index is 0.711. The summed E-state index contributed by atoms with van der Waals surface area (Å²) in [5.41, 5.74) is 13.5. The predicted molar refractivity (Wildman–Crippen MR) is 271 cm³/mol. The molecule has 4 heteroatoms. The van der Waals surface area contributed by atoms with Crippen molar-refractivity contribution >= 4 is 59.5 Å². The molecule has 10 aromatic carbocycles. The zero-order valence-corrected chi connectivity index (χ0v) is 35.2. The van der Waals surface area contributed by atoms with E-state index in [0.717, 1.165) is 88.8 Å². The first kappa shape index (κ1) is 36.9. The summed E-state index contributed by atoms with van der Waals surface area (Å²) in [5, 5.41) is 16.5. The van der Waals surface area contributed by atoms with Crippen molar-refractivity contribution in [3.63, 3.8) is 0 Å². The normalized spacial score (nSPS) is 11.7. The van der Waals surface area contributed by atoms with E-state index in [9.17, 15) is 0 Å². The maximum Gasteiger partial charge on any atom is 0.160 e. The highest BCUT2D eigenvalue weighted by atomic mass is 15.2. The molecule has 3 heterocycles. The summed E-state index contributed by atoms with van der Waals surface area (Å²) in [6, 6.07) is 82.2. The van der Waals surface area contributed by atoms with Gasteiger partial charge in [0.05, 0.1) is 22.4 Å². The van der Waals surface area contributed by atoms with E-state index in [1.165, 1.54) is 32.3 Å². The largest absolute Gasteiger partial charge is 0.231 e. The maximum atomic E-state index is 5.76. The first-order valence-corrected chi connectivity index (χ1v) is 22.1. The number of benzene rings is 10. The van der Waals surface area contributed by atoms with Crippen LogP contribution in [0, 0.1) is 0 Å². The highest BCUT2D eigenvalue weighted by Crippen LogP contribution is 2.47. The smallest absolute Gasteiger partial charge is 0.160 e. The molecule has 3 aromatic heterocycles. The predicted octanol–water partition coefficient (Wildman–Crippen LogP) is 15.9. The summed E-state index contributed by atoms with van der Waals surface area (Å²) in [5.74, 6) is 0.711. The van der Waals surface area contributed by atoms with Crippen molar-refractivity contribution in [3.8, 4) is 67.4 Å². The van der Waals surface area contributed by atoms with Crippen molar-refractivity contribution in [1.82, 2.24) is 19.6 Å². The van der Waals surface area contributed by atoms with E-state index < -0.39 is 0 Å². The molecule has 0 bridgehead atoms. The summed E-state index contributed by atoms with van der Waals surface area (Å²) < 4.78 is 2.23. The fourth-order valence-corrected chi connectivity index (χ4v) is 10.1. The fourth-order valence-electron chi connectivity index (χ4n) is 10.1. The van der Waals surface area contributed by atoms with Gasteiger partial charge < -0.3 is 0 Å². The molecule has 0 N–H and O–H groups in total. The molecule has 0 spiro atoms. The third-order valence-corrected chi connectivity index (χ3v) is 13.0. The van der Waals surface area contributed by atoms with E-state index in [1.54, 1.807) is 0 Å². The molecule has 0 aliphatic heterocycles. The molecule has 0 aliphatic rings. The van der Waals surface area contributed by atoms with E-state index in [-0.39, 0.29) is 0 Å². The number of para-hydroxylation sites is 1. The number of aromatic nitrogens is 4. The van der Waals surface area contributed by atoms with Crippen LogP contribution in [0.3, 0.4) is 0 Å². The molecule has 0 aliphatic carbocycles. The summed E-state index contributed by atoms with van der Waals surface area (Å²) in [7, 11) is 0. The van der Waals surface area contributed by atoms with Crippen LogP contribution >= 0.6 is 0 Å². The van der Waals surface area contributed by atoms with Crippen LogP contribution in [0.1, 0.15) is 0 Å². The van der Waals surface area contributed by atoms with Crippen LogP contribution in [0.25, 0.3) is 127 Å². The van der Waals surface area contributed by atoms with Crippen LogP contribution < -0.4 is 0 Å². The van der Waals surface area contributed by atoms with Gasteiger partial charge in [-0.2, -0.15) is 5.10 Å². The molecule has 0 unspecified atom stereocenters. The van der Waals surface area contributed by atoms with Crippen LogP contribution in [-0.2, 0) is 0 Å². The quantitative estimate of drug-likeness (QED) is 0.157. The van der Waals surface area contributed by atoms with Crippen LogP contribution in [0.5, 0.6) is 0 Å². The van der Waals surface area contributed by atoms with Gasteiger partial charge in [0.25, 0.3) is 0 Å². The molecular weight excluding hydrogens is 789 g/mol. The Kier molecular flexibility index (Phi) is 8.50. The van der Waals surface area contributed by atoms with Crippen molar-refractivity contribution < 1.29 is 0 Å². The van der Waals surface area contributed by atoms with E-state index in [1.807, 2.05) is 24.3 Å². The highest BCUT2D eigenvalue weighted by Gasteiger charge is 2.26. The van der Waals surface area contributed by atoms with Gasteiger partial charge in [0.15, 0.2) is 5.82 Å². The Balaban J connectivity index is 1.08. The molecule has 65 heavy (non-hydrogen) atoms. The van der Waals surface area contributed by atoms with Gasteiger partial charge in [-0.1, -0.05) is 218 Å². The number of pyridine rings is 1. The second-order valence-electron chi connectivity index (χ2n) is 16.7. The monoisotopic (exact) mass is 826 g/mol. The Morgan fingerprint density at radius 3 is 1.38 bits per heavy atom. The topological polar surface area (TPSA) is 43.1 Å². The van der Waals surface area contributed by atoms with Crippen molar-refractivity contribution in [2.75, 3.05) is 0 Å². The lowest BCUT2D eigenvalue weighted by Crippen LogP contribution is -2.00. The van der Waals surface area contributed by atoms with Crippen LogP contribution in [0.4, 0.5) is 0 Å². The van der Waals surface area contributed by atoms with Crippen molar-refractivity contribution in [2.45, 2.75) is 0 Å². The third kappa shape index (κ3) is 5.96. The van der Waals surface area contributed by atoms with Gasteiger partial charge in [-0.25, -0.2) is 14.5 Å². The van der Waals surface area contributed by atoms with E-state index in [4.69, 9.17) is 15.1 Å². The van der Waals surface area contributed by atoms with Crippen molar-refractivity contribution in [3.05, 3.63) is 231 Å². The maximum absolute atomic E-state index is 5.76. The Hall–Kier alpha value is -8.73. The molecule has 13 rings (SSSR count). The summed E-state index contributed by atoms with van der Waals surface area (Å²) in [4.78, 5) is 10.2. The first-order chi connectivity index (χ1) is 32.3. The van der Waals surface area contributed by atoms with E-state index >= 15 is 0 Å². The fraction of sp³-hybridized carbons (Fsp3) is 0. The van der Waals surface area contributed by atoms with Gasteiger partial charge in [-0.3, -0.25) is 0 Å². The number of hydrogen-bond donors (Lipinski definition) is 0. The molecule has 302 valence electrons. The Morgan fingerprint density at radius 1 is 0.277 bits per heavy atom. The molecule has 0 saturated carbocycles. The van der Waals surface area contributed by atoms with Gasteiger partial charge in [0.1, 0.15) is 5.69 Å². The van der Waals surface area contributed by atoms with E-state index in [2.05, 4.69) is 211 Å². The van der Waals surface area contributed by atoms with Crippen molar-refractivity contribution in [2.24, 2.45) is 0 Å². The number of rotatable bonds is 6. The second-order valence-corrected chi connectivity index (χ2v) is 16.7. The molecule has 13 aromatic rings. The van der Waals surface area contributed by atoms with Gasteiger partial charge in [0.2, 0.25) is 0 Å². The zero-order valence-electron chi connectivity index (χ0n) is 35.2. The second kappa shape index (κ2) is 15.0. The average Bonchev–Trinajstić information content (AvgIpc) is 3.79. The number of fused-ring (bicyclic) bond motifs is 10. The molecule has 4 nitrogen and oxygen atoms in total. The Morgan fingerprint density at radius 2 is 0.738 bits per heavy atom. The average molecular weight is 827 g/mol. The zero-order chi connectivity index (χ0) is 42.8. The Labute approximate surface area is 375 Å². The van der Waals surface area contributed by atoms with Gasteiger partial charge in [-0.05, 0) is 61.0 Å². The SMILES string of the molecule is c1ccc(-c2nc(-c3ccc(-c4c(-c5ccccc5)n5nc(-c6ccc7c8ccccc8c8ccccc8c7c6)c(-c6ccccc6)c5c5ccccc45)cc3)c3ccccc3n2)cc1. The van der Waals surface area contributed by atoms with Gasteiger partial charge >= 0.3 is 0 Å². The molecule has 0 saturated heterocycles. The highest BCUT2D eigenvalue weighted by molar-refractivity contribution is 6.26. The number of hydrogen-bond acceptors (Lipinski definition) is 3. The lowest BCUT2D eigenvalue weighted by Gasteiger charge is -2.18. The lowest BCUT2D eigenvalue weighted by molar-refractivity contribution is 0.981. The molecule has 0 radical (unpaired) electrons. The lowest BCUT2D eigenvalue weighted by atomic mass is 9.90. The van der Waals surface area contributed by atoms with Crippen molar-refractivity contribution in [1.29, 1.82) is 0 Å². The van der Waals surface area contributed by atoms with Crippen LogP contribution in [0.15, 0.2) is 231 Å². The first-order valence-electron chi connectivity index (χ1n) is 22.1. The van der Waals surface area contributed by atoms with Crippen LogP contribution in [-0.4, -0.2) is 19.6 Å². The summed E-state index contributed by atoms with van der Waals surface area (Å²) >= 11 is 0. The number of nitrogens with zero attached hydrogens (tertiary/aromatic N) is 4.